The summed E-state index contributed by atoms with van der Waals surface area (Å²) in [6.45, 7) is 2.85. The van der Waals surface area contributed by atoms with Gasteiger partial charge in [-0.25, -0.2) is 0 Å². The van der Waals surface area contributed by atoms with Gasteiger partial charge in [-0.05, 0) is 37.0 Å². The lowest BCUT2D eigenvalue weighted by Gasteiger charge is -2.17. The zero-order valence-corrected chi connectivity index (χ0v) is 13.2. The Hall–Kier alpha value is -1.75. The van der Waals surface area contributed by atoms with E-state index in [1.54, 1.807) is 12.1 Å². The van der Waals surface area contributed by atoms with Crippen LogP contribution < -0.4 is 16.0 Å². The number of amides is 1. The van der Waals surface area contributed by atoms with E-state index in [1.165, 1.54) is 0 Å². The van der Waals surface area contributed by atoms with Gasteiger partial charge in [0, 0.05) is 32.8 Å². The van der Waals surface area contributed by atoms with Crippen LogP contribution in [0.2, 0.25) is 0 Å². The first-order valence-electron chi connectivity index (χ1n) is 7.45. The Morgan fingerprint density at radius 3 is 2.62 bits per heavy atom. The quantitative estimate of drug-likeness (QED) is 0.639. The Labute approximate surface area is 127 Å². The Morgan fingerprint density at radius 2 is 2.10 bits per heavy atom. The van der Waals surface area contributed by atoms with Gasteiger partial charge in [0.2, 0.25) is 0 Å². The average molecular weight is 293 g/mol. The highest BCUT2D eigenvalue weighted by atomic mass is 16.3. The minimum absolute atomic E-state index is 0.119. The van der Waals surface area contributed by atoms with Crippen LogP contribution in [0, 0.1) is 5.92 Å². The molecular formula is C16H27N3O2. The Balaban J connectivity index is 2.65. The number of nitrogens with zero attached hydrogens (tertiary/aromatic N) is 1. The van der Waals surface area contributed by atoms with Crippen molar-refractivity contribution in [2.75, 3.05) is 37.9 Å². The molecule has 0 heterocycles. The number of nitrogens with two attached hydrogens (primary N) is 1. The van der Waals surface area contributed by atoms with Crippen LogP contribution >= 0.6 is 0 Å². The standard InChI is InChI=1S/C16H27N3O2/c1-4-5-12(8-9-20)11-18-16(21)13-6-7-15(19(2)3)14(17)10-13/h6-7,10,12,20H,4-5,8-9,11,17H2,1-3H3,(H,18,21). The molecule has 1 unspecified atom stereocenters. The SMILES string of the molecule is CCCC(CCO)CNC(=O)c1ccc(N(C)C)c(N)c1. The van der Waals surface area contributed by atoms with E-state index in [9.17, 15) is 4.79 Å². The van der Waals surface area contributed by atoms with E-state index in [2.05, 4.69) is 12.2 Å². The minimum Gasteiger partial charge on any atom is -0.397 e. The summed E-state index contributed by atoms with van der Waals surface area (Å²) in [6, 6.07) is 5.33. The summed E-state index contributed by atoms with van der Waals surface area (Å²) < 4.78 is 0. The van der Waals surface area contributed by atoms with Gasteiger partial charge in [-0.15, -0.1) is 0 Å². The number of nitrogen functional groups attached to an aromatic ring is 1. The zero-order valence-electron chi connectivity index (χ0n) is 13.2. The molecule has 0 radical (unpaired) electrons. The van der Waals surface area contributed by atoms with Gasteiger partial charge in [-0.3, -0.25) is 4.79 Å². The Morgan fingerprint density at radius 1 is 1.38 bits per heavy atom. The molecular weight excluding hydrogens is 266 g/mol. The highest BCUT2D eigenvalue weighted by Gasteiger charge is 2.12. The van der Waals surface area contributed by atoms with E-state index in [4.69, 9.17) is 10.8 Å². The number of carbonyl (C=O) groups excluding carboxylic acids is 1. The molecule has 0 spiro atoms. The molecule has 1 rings (SSSR count). The number of rotatable bonds is 8. The first-order chi connectivity index (χ1) is 9.99. The molecule has 1 aromatic carbocycles. The summed E-state index contributed by atoms with van der Waals surface area (Å²) in [5.41, 5.74) is 8.01. The fraction of sp³-hybridized carbons (Fsp3) is 0.562. The van der Waals surface area contributed by atoms with Crippen molar-refractivity contribution in [1.29, 1.82) is 0 Å². The third-order valence-corrected chi connectivity index (χ3v) is 3.56. The molecule has 1 amide bonds. The van der Waals surface area contributed by atoms with Crippen molar-refractivity contribution in [2.24, 2.45) is 5.92 Å². The van der Waals surface area contributed by atoms with Crippen molar-refractivity contribution in [3.05, 3.63) is 23.8 Å². The summed E-state index contributed by atoms with van der Waals surface area (Å²) in [5.74, 6) is 0.202. The molecule has 0 bridgehead atoms. The fourth-order valence-corrected chi connectivity index (χ4v) is 2.38. The van der Waals surface area contributed by atoms with Crippen molar-refractivity contribution in [2.45, 2.75) is 26.2 Å². The normalized spacial score (nSPS) is 12.0. The second kappa shape index (κ2) is 8.52. The van der Waals surface area contributed by atoms with Gasteiger partial charge in [-0.2, -0.15) is 0 Å². The van der Waals surface area contributed by atoms with Crippen LogP contribution in [0.5, 0.6) is 0 Å². The highest BCUT2D eigenvalue weighted by molar-refractivity contribution is 5.96. The second-order valence-electron chi connectivity index (χ2n) is 5.55. The van der Waals surface area contributed by atoms with E-state index in [0.29, 0.717) is 23.7 Å². The van der Waals surface area contributed by atoms with Crippen LogP contribution in [0.1, 0.15) is 36.5 Å². The molecule has 21 heavy (non-hydrogen) atoms. The maximum atomic E-state index is 12.1. The second-order valence-corrected chi connectivity index (χ2v) is 5.55. The first-order valence-corrected chi connectivity index (χ1v) is 7.45. The third-order valence-electron chi connectivity index (χ3n) is 3.56. The molecule has 1 atom stereocenters. The van der Waals surface area contributed by atoms with Crippen molar-refractivity contribution in [3.63, 3.8) is 0 Å². The van der Waals surface area contributed by atoms with Crippen LogP contribution in [-0.4, -0.2) is 38.3 Å². The number of benzene rings is 1. The molecule has 0 fully saturated rings. The zero-order chi connectivity index (χ0) is 15.8. The summed E-state index contributed by atoms with van der Waals surface area (Å²) in [4.78, 5) is 14.1. The van der Waals surface area contributed by atoms with E-state index in [-0.39, 0.29) is 12.5 Å². The van der Waals surface area contributed by atoms with Crippen LogP contribution in [0.3, 0.4) is 0 Å². The van der Waals surface area contributed by atoms with Gasteiger partial charge < -0.3 is 21.1 Å². The smallest absolute Gasteiger partial charge is 0.251 e. The molecule has 0 aliphatic heterocycles. The van der Waals surface area contributed by atoms with E-state index < -0.39 is 0 Å². The van der Waals surface area contributed by atoms with E-state index >= 15 is 0 Å². The van der Waals surface area contributed by atoms with Crippen molar-refractivity contribution >= 4 is 17.3 Å². The fourth-order valence-electron chi connectivity index (χ4n) is 2.38. The lowest BCUT2D eigenvalue weighted by molar-refractivity contribution is 0.0943. The Bertz CT molecular complexity index is 455. The van der Waals surface area contributed by atoms with Crippen molar-refractivity contribution in [1.82, 2.24) is 5.32 Å². The summed E-state index contributed by atoms with van der Waals surface area (Å²) in [5, 5.41) is 12.0. The molecule has 0 aromatic heterocycles. The monoisotopic (exact) mass is 293 g/mol. The third kappa shape index (κ3) is 5.27. The van der Waals surface area contributed by atoms with Gasteiger partial charge in [-0.1, -0.05) is 13.3 Å². The molecule has 4 N–H and O–H groups in total. The van der Waals surface area contributed by atoms with Crippen LogP contribution in [0.15, 0.2) is 18.2 Å². The predicted molar refractivity (Wildman–Crippen MR) is 87.6 cm³/mol. The van der Waals surface area contributed by atoms with Gasteiger partial charge in [0.25, 0.3) is 5.91 Å². The number of hydrogen-bond donors (Lipinski definition) is 3. The minimum atomic E-state index is -0.119. The van der Waals surface area contributed by atoms with Crippen LogP contribution in [0.4, 0.5) is 11.4 Å². The molecule has 0 saturated carbocycles. The topological polar surface area (TPSA) is 78.6 Å². The van der Waals surface area contributed by atoms with Crippen molar-refractivity contribution in [3.8, 4) is 0 Å². The summed E-state index contributed by atoms with van der Waals surface area (Å²) in [6.07, 6.45) is 2.77. The highest BCUT2D eigenvalue weighted by Crippen LogP contribution is 2.22. The maximum absolute atomic E-state index is 12.1. The number of aliphatic hydroxyl groups excluding tert-OH is 1. The molecule has 0 aliphatic carbocycles. The number of anilines is 2. The van der Waals surface area contributed by atoms with E-state index in [0.717, 1.165) is 24.9 Å². The lowest BCUT2D eigenvalue weighted by Crippen LogP contribution is -2.30. The predicted octanol–water partition coefficient (Wildman–Crippen LogP) is 1.86. The molecule has 1 aromatic rings. The largest absolute Gasteiger partial charge is 0.397 e. The number of carbonyl (C=O) groups is 1. The molecule has 0 aliphatic rings. The average Bonchev–Trinajstić information content (AvgIpc) is 2.44. The lowest BCUT2D eigenvalue weighted by atomic mass is 10.00. The van der Waals surface area contributed by atoms with Crippen LogP contribution in [-0.2, 0) is 0 Å². The maximum Gasteiger partial charge on any atom is 0.251 e. The van der Waals surface area contributed by atoms with Gasteiger partial charge in [0.15, 0.2) is 0 Å². The molecule has 0 saturated heterocycles. The van der Waals surface area contributed by atoms with E-state index in [1.807, 2.05) is 25.1 Å². The number of nitrogens with one attached hydrogen (secondary N) is 1. The number of hydrogen-bond acceptors (Lipinski definition) is 4. The van der Waals surface area contributed by atoms with Gasteiger partial charge in [0.1, 0.15) is 0 Å². The van der Waals surface area contributed by atoms with Crippen LogP contribution in [0.25, 0.3) is 0 Å². The Kier molecular flexibility index (Phi) is 7.02. The summed E-state index contributed by atoms with van der Waals surface area (Å²) >= 11 is 0. The molecule has 118 valence electrons. The van der Waals surface area contributed by atoms with Crippen molar-refractivity contribution < 1.29 is 9.90 Å². The summed E-state index contributed by atoms with van der Waals surface area (Å²) in [7, 11) is 3.82. The van der Waals surface area contributed by atoms with Gasteiger partial charge >= 0.3 is 0 Å². The molecule has 5 heteroatoms. The first kappa shape index (κ1) is 17.3. The molecule has 5 nitrogen and oxygen atoms in total. The number of aliphatic hydroxyl groups is 1. The van der Waals surface area contributed by atoms with Gasteiger partial charge in [0.05, 0.1) is 11.4 Å².